The van der Waals surface area contributed by atoms with Crippen molar-refractivity contribution in [3.63, 3.8) is 0 Å². The lowest BCUT2D eigenvalue weighted by Gasteiger charge is -2.07. The normalized spacial score (nSPS) is 10.7. The van der Waals surface area contributed by atoms with Crippen LogP contribution in [0.15, 0.2) is 59.5 Å². The molecule has 0 radical (unpaired) electrons. The molecule has 18 heavy (non-hydrogen) atoms. The monoisotopic (exact) mass is 237 g/mol. The fourth-order valence-corrected chi connectivity index (χ4v) is 2.13. The van der Waals surface area contributed by atoms with Crippen LogP contribution >= 0.6 is 0 Å². The molecule has 0 saturated carbocycles. The molecular weight excluding hydrogens is 226 g/mol. The van der Waals surface area contributed by atoms with Crippen molar-refractivity contribution in [1.82, 2.24) is 4.98 Å². The highest BCUT2D eigenvalue weighted by Crippen LogP contribution is 2.30. The number of nitrogens with one attached hydrogen (secondary N) is 1. The third kappa shape index (κ3) is 1.57. The number of hydrogen-bond donors (Lipinski definition) is 2. The minimum absolute atomic E-state index is 0.231. The number of fused-ring (bicyclic) bond motifs is 1. The zero-order valence-corrected chi connectivity index (χ0v) is 9.55. The first kappa shape index (κ1) is 10.6. The fraction of sp³-hybridized carbons (Fsp3) is 0. The van der Waals surface area contributed by atoms with Crippen LogP contribution < -0.4 is 5.56 Å². The van der Waals surface area contributed by atoms with E-state index in [9.17, 15) is 9.90 Å². The van der Waals surface area contributed by atoms with Crippen LogP contribution in [0.1, 0.15) is 0 Å². The third-order valence-corrected chi connectivity index (χ3v) is 3.01. The highest BCUT2D eigenvalue weighted by Gasteiger charge is 2.08. The van der Waals surface area contributed by atoms with Crippen molar-refractivity contribution in [3.05, 3.63) is 65.1 Å². The molecule has 3 heteroatoms. The second-order valence-corrected chi connectivity index (χ2v) is 4.10. The smallest absolute Gasteiger partial charge is 0.290 e. The van der Waals surface area contributed by atoms with E-state index < -0.39 is 5.56 Å². The number of aromatic nitrogens is 1. The summed E-state index contributed by atoms with van der Waals surface area (Å²) in [7, 11) is 0. The second kappa shape index (κ2) is 4.04. The highest BCUT2D eigenvalue weighted by molar-refractivity contribution is 5.98. The molecule has 3 aromatic rings. The van der Waals surface area contributed by atoms with E-state index in [1.54, 1.807) is 12.3 Å². The van der Waals surface area contributed by atoms with Gasteiger partial charge in [-0.25, -0.2) is 0 Å². The van der Waals surface area contributed by atoms with E-state index in [0.717, 1.165) is 16.5 Å². The average molecular weight is 237 g/mol. The molecule has 0 saturated heterocycles. The van der Waals surface area contributed by atoms with Crippen LogP contribution in [0.5, 0.6) is 5.75 Å². The zero-order valence-electron chi connectivity index (χ0n) is 9.55. The zero-order chi connectivity index (χ0) is 12.5. The third-order valence-electron chi connectivity index (χ3n) is 3.01. The first-order chi connectivity index (χ1) is 8.77. The van der Waals surface area contributed by atoms with Crippen LogP contribution in [0.2, 0.25) is 0 Å². The van der Waals surface area contributed by atoms with E-state index in [-0.39, 0.29) is 5.75 Å². The van der Waals surface area contributed by atoms with E-state index >= 15 is 0 Å². The number of H-pyrrole nitrogens is 1. The molecule has 0 aliphatic rings. The summed E-state index contributed by atoms with van der Waals surface area (Å²) in [5.41, 5.74) is 1.57. The Bertz CT molecular complexity index is 760. The number of aromatic hydroxyl groups is 1. The Morgan fingerprint density at radius 2 is 1.67 bits per heavy atom. The van der Waals surface area contributed by atoms with Crippen molar-refractivity contribution in [2.24, 2.45) is 0 Å². The van der Waals surface area contributed by atoms with Crippen molar-refractivity contribution in [1.29, 1.82) is 0 Å². The summed E-state index contributed by atoms with van der Waals surface area (Å²) >= 11 is 0. The SMILES string of the molecule is O=c1[nH]cc2c(-c3ccccc3)cccc2c1O. The second-order valence-electron chi connectivity index (χ2n) is 4.10. The van der Waals surface area contributed by atoms with Crippen molar-refractivity contribution in [2.75, 3.05) is 0 Å². The summed E-state index contributed by atoms with van der Waals surface area (Å²) in [4.78, 5) is 13.9. The lowest BCUT2D eigenvalue weighted by atomic mass is 9.99. The summed E-state index contributed by atoms with van der Waals surface area (Å²) in [5, 5.41) is 11.2. The van der Waals surface area contributed by atoms with E-state index in [1.807, 2.05) is 42.5 Å². The Morgan fingerprint density at radius 1 is 0.889 bits per heavy atom. The van der Waals surface area contributed by atoms with Gasteiger partial charge in [-0.2, -0.15) is 0 Å². The molecule has 3 rings (SSSR count). The van der Waals surface area contributed by atoms with Crippen LogP contribution in [-0.2, 0) is 0 Å². The molecule has 0 aliphatic heterocycles. The highest BCUT2D eigenvalue weighted by atomic mass is 16.3. The maximum absolute atomic E-state index is 11.4. The van der Waals surface area contributed by atoms with Crippen LogP contribution in [-0.4, -0.2) is 10.1 Å². The Morgan fingerprint density at radius 3 is 2.44 bits per heavy atom. The molecule has 0 aliphatic carbocycles. The molecular formula is C15H11NO2. The number of rotatable bonds is 1. The molecule has 2 N–H and O–H groups in total. The summed E-state index contributed by atoms with van der Waals surface area (Å²) in [6.07, 6.45) is 1.64. The van der Waals surface area contributed by atoms with Crippen molar-refractivity contribution in [3.8, 4) is 16.9 Å². The number of pyridine rings is 1. The molecule has 0 atom stereocenters. The van der Waals surface area contributed by atoms with E-state index in [4.69, 9.17) is 0 Å². The Kier molecular flexibility index (Phi) is 2.38. The molecule has 0 spiro atoms. The van der Waals surface area contributed by atoms with E-state index in [0.29, 0.717) is 5.39 Å². The molecule has 2 aromatic carbocycles. The average Bonchev–Trinajstić information content (AvgIpc) is 2.43. The van der Waals surface area contributed by atoms with Crippen molar-refractivity contribution < 1.29 is 5.11 Å². The van der Waals surface area contributed by atoms with Gasteiger partial charge in [-0.3, -0.25) is 4.79 Å². The lowest BCUT2D eigenvalue weighted by molar-refractivity contribution is 0.473. The first-order valence-electron chi connectivity index (χ1n) is 5.66. The number of benzene rings is 2. The summed E-state index contributed by atoms with van der Waals surface area (Å²) in [6, 6.07) is 15.4. The summed E-state index contributed by atoms with van der Waals surface area (Å²) in [5.74, 6) is -0.231. The van der Waals surface area contributed by atoms with Gasteiger partial charge in [0.1, 0.15) is 0 Å². The quantitative estimate of drug-likeness (QED) is 0.683. The van der Waals surface area contributed by atoms with Gasteiger partial charge >= 0.3 is 0 Å². The maximum Gasteiger partial charge on any atom is 0.290 e. The Labute approximate surface area is 103 Å². The molecule has 0 bridgehead atoms. The first-order valence-corrected chi connectivity index (χ1v) is 5.66. The topological polar surface area (TPSA) is 53.1 Å². The largest absolute Gasteiger partial charge is 0.503 e. The van der Waals surface area contributed by atoms with Gasteiger partial charge in [0, 0.05) is 17.0 Å². The van der Waals surface area contributed by atoms with Crippen molar-refractivity contribution >= 4 is 10.8 Å². The minimum atomic E-state index is -0.465. The van der Waals surface area contributed by atoms with Gasteiger partial charge < -0.3 is 10.1 Å². The van der Waals surface area contributed by atoms with E-state index in [1.165, 1.54) is 0 Å². The van der Waals surface area contributed by atoms with Gasteiger partial charge in [0.25, 0.3) is 5.56 Å². The maximum atomic E-state index is 11.4. The van der Waals surface area contributed by atoms with Gasteiger partial charge in [0.2, 0.25) is 0 Å². The van der Waals surface area contributed by atoms with Crippen LogP contribution in [0.25, 0.3) is 21.9 Å². The van der Waals surface area contributed by atoms with Crippen molar-refractivity contribution in [2.45, 2.75) is 0 Å². The van der Waals surface area contributed by atoms with Gasteiger partial charge in [0.05, 0.1) is 0 Å². The van der Waals surface area contributed by atoms with Crippen LogP contribution in [0.4, 0.5) is 0 Å². The van der Waals surface area contributed by atoms with E-state index in [2.05, 4.69) is 4.98 Å². The predicted molar refractivity (Wildman–Crippen MR) is 71.7 cm³/mol. The predicted octanol–water partition coefficient (Wildman–Crippen LogP) is 2.90. The summed E-state index contributed by atoms with van der Waals surface area (Å²) < 4.78 is 0. The minimum Gasteiger partial charge on any atom is -0.503 e. The van der Waals surface area contributed by atoms with Crippen LogP contribution in [0.3, 0.4) is 0 Å². The molecule has 0 amide bonds. The molecule has 1 heterocycles. The molecule has 1 aromatic heterocycles. The molecule has 88 valence electrons. The van der Waals surface area contributed by atoms with Gasteiger partial charge in [0.15, 0.2) is 5.75 Å². The van der Waals surface area contributed by atoms with Gasteiger partial charge in [-0.15, -0.1) is 0 Å². The molecule has 0 fully saturated rings. The van der Waals surface area contributed by atoms with Crippen LogP contribution in [0, 0.1) is 0 Å². The number of hydrogen-bond acceptors (Lipinski definition) is 2. The summed E-state index contributed by atoms with van der Waals surface area (Å²) in [6.45, 7) is 0. The Hall–Kier alpha value is -2.55. The molecule has 0 unspecified atom stereocenters. The fourth-order valence-electron chi connectivity index (χ4n) is 2.13. The van der Waals surface area contributed by atoms with Gasteiger partial charge in [-0.05, 0) is 11.1 Å². The lowest BCUT2D eigenvalue weighted by Crippen LogP contribution is -2.04. The number of aromatic amines is 1. The Balaban J connectivity index is 2.39. The molecule has 3 nitrogen and oxygen atoms in total. The standard InChI is InChI=1S/C15H11NO2/c17-14-12-8-4-7-11(10-5-2-1-3-6-10)13(12)9-16-15(14)18/h1-9,17H,(H,16,18). The van der Waals surface area contributed by atoms with Gasteiger partial charge in [-0.1, -0.05) is 48.5 Å².